The first-order valence-corrected chi connectivity index (χ1v) is 9.78. The summed E-state index contributed by atoms with van der Waals surface area (Å²) in [6.07, 6.45) is 0. The Morgan fingerprint density at radius 2 is 2.03 bits per heavy atom. The average Bonchev–Trinajstić information content (AvgIpc) is 3.19. The molecule has 0 bridgehead atoms. The lowest BCUT2D eigenvalue weighted by atomic mass is 10.0. The molecule has 1 unspecified atom stereocenters. The van der Waals surface area contributed by atoms with Crippen LogP contribution in [0.5, 0.6) is 0 Å². The zero-order valence-electron chi connectivity index (χ0n) is 17.3. The van der Waals surface area contributed by atoms with Crippen molar-refractivity contribution in [2.45, 2.75) is 32.5 Å². The number of likely N-dealkylation sites (N-methyl/N-ethyl adjacent to an activating group) is 1. The number of benzene rings is 1. The number of pyridine rings is 1. The third-order valence-corrected chi connectivity index (χ3v) is 5.80. The predicted molar refractivity (Wildman–Crippen MR) is 116 cm³/mol. The van der Waals surface area contributed by atoms with Gasteiger partial charge in [-0.1, -0.05) is 19.2 Å². The summed E-state index contributed by atoms with van der Waals surface area (Å²) in [6, 6.07) is 8.01. The molecule has 2 aromatic heterocycles. The van der Waals surface area contributed by atoms with Crippen LogP contribution in [-0.4, -0.2) is 32.9 Å². The molecule has 0 aliphatic carbocycles. The molecule has 3 N–H and O–H groups in total. The number of aromatic amines is 1. The molecule has 0 spiro atoms. The van der Waals surface area contributed by atoms with Gasteiger partial charge in [0.15, 0.2) is 11.6 Å². The Morgan fingerprint density at radius 3 is 2.73 bits per heavy atom. The molecule has 0 saturated heterocycles. The highest BCUT2D eigenvalue weighted by Gasteiger charge is 2.36. The number of nitrogens with two attached hydrogens (primary N) is 1. The molecule has 5 nitrogen and oxygen atoms in total. The van der Waals surface area contributed by atoms with Crippen molar-refractivity contribution in [3.63, 3.8) is 0 Å². The largest absolute Gasteiger partial charge is 0.381 e. The molecule has 1 aliphatic rings. The first kappa shape index (κ1) is 19.9. The smallest absolute Gasteiger partial charge is 0.167 e. The Morgan fingerprint density at radius 1 is 1.30 bits per heavy atom. The van der Waals surface area contributed by atoms with Crippen molar-refractivity contribution in [3.8, 4) is 0 Å². The van der Waals surface area contributed by atoms with E-state index in [0.717, 1.165) is 22.5 Å². The highest BCUT2D eigenvalue weighted by molar-refractivity contribution is 5.78. The van der Waals surface area contributed by atoms with Crippen LogP contribution >= 0.6 is 0 Å². The maximum Gasteiger partial charge on any atom is 0.167 e. The molecule has 0 saturated carbocycles. The number of nitrogens with zero attached hydrogens (tertiary/aromatic N) is 3. The molecule has 30 heavy (non-hydrogen) atoms. The Hall–Kier alpha value is -3.35. The van der Waals surface area contributed by atoms with E-state index >= 15 is 0 Å². The minimum atomic E-state index is -0.561. The fourth-order valence-electron chi connectivity index (χ4n) is 3.94. The van der Waals surface area contributed by atoms with Crippen LogP contribution in [0.2, 0.25) is 0 Å². The maximum atomic E-state index is 14.0. The van der Waals surface area contributed by atoms with Gasteiger partial charge in [-0.2, -0.15) is 0 Å². The van der Waals surface area contributed by atoms with Crippen molar-refractivity contribution in [3.05, 3.63) is 77.6 Å². The lowest BCUT2D eigenvalue weighted by molar-refractivity contribution is 0.250. The summed E-state index contributed by atoms with van der Waals surface area (Å²) in [6.45, 7) is 13.2. The van der Waals surface area contributed by atoms with E-state index in [-0.39, 0.29) is 23.7 Å². The van der Waals surface area contributed by atoms with Crippen molar-refractivity contribution in [2.75, 3.05) is 12.8 Å². The number of hydrogen-bond acceptors (Lipinski definition) is 4. The van der Waals surface area contributed by atoms with Gasteiger partial charge in [-0.05, 0) is 37.6 Å². The number of halogens is 2. The molecule has 4 rings (SSSR count). The van der Waals surface area contributed by atoms with Crippen LogP contribution in [-0.2, 0) is 6.54 Å². The van der Waals surface area contributed by atoms with Gasteiger partial charge in [0.1, 0.15) is 5.82 Å². The lowest BCUT2D eigenvalue weighted by Crippen LogP contribution is -2.33. The number of nitrogen functional groups attached to an aromatic ring is 1. The first-order chi connectivity index (χ1) is 14.2. The summed E-state index contributed by atoms with van der Waals surface area (Å²) < 4.78 is 27.8. The van der Waals surface area contributed by atoms with Crippen molar-refractivity contribution in [2.24, 2.45) is 0 Å². The highest BCUT2D eigenvalue weighted by atomic mass is 19.1. The van der Waals surface area contributed by atoms with Gasteiger partial charge in [-0.25, -0.2) is 13.8 Å². The van der Waals surface area contributed by atoms with Gasteiger partial charge in [0.05, 0.1) is 23.6 Å². The zero-order valence-corrected chi connectivity index (χ0v) is 17.3. The molecule has 0 radical (unpaired) electrons. The third-order valence-electron chi connectivity index (χ3n) is 5.80. The van der Waals surface area contributed by atoms with E-state index in [1.807, 2.05) is 13.1 Å². The van der Waals surface area contributed by atoms with Crippen LogP contribution in [0.15, 0.2) is 49.2 Å². The van der Waals surface area contributed by atoms with Crippen molar-refractivity contribution in [1.29, 1.82) is 0 Å². The standard InChI is InChI=1S/C23H25F2N5/c1-12(2)29(5)14(4)22-17-7-6-15(24)8-18(17)13(3)30(22)11-16-9-20-21(27-16)10-19(25)23(26)28-20/h6-10,12,22,27H,3-4,11H2,1-2,5H3,(H2,26,28). The first-order valence-electron chi connectivity index (χ1n) is 9.78. The second kappa shape index (κ2) is 7.16. The second-order valence-corrected chi connectivity index (χ2v) is 7.99. The van der Waals surface area contributed by atoms with Crippen LogP contribution in [0, 0.1) is 11.6 Å². The molecule has 1 atom stereocenters. The molecule has 1 aromatic carbocycles. The molecule has 0 fully saturated rings. The van der Waals surface area contributed by atoms with Crippen molar-refractivity contribution in [1.82, 2.24) is 19.8 Å². The minimum Gasteiger partial charge on any atom is -0.381 e. The van der Waals surface area contributed by atoms with Crippen LogP contribution in [0.1, 0.15) is 36.7 Å². The number of H-pyrrole nitrogens is 1. The van der Waals surface area contributed by atoms with Gasteiger partial charge in [0.25, 0.3) is 0 Å². The average molecular weight is 409 g/mol. The Labute approximate surface area is 174 Å². The molecule has 3 heterocycles. The summed E-state index contributed by atoms with van der Waals surface area (Å²) in [7, 11) is 1.99. The van der Waals surface area contributed by atoms with Crippen molar-refractivity contribution < 1.29 is 8.78 Å². The number of fused-ring (bicyclic) bond motifs is 2. The molecular formula is C23H25F2N5. The number of anilines is 1. The van der Waals surface area contributed by atoms with Crippen LogP contribution < -0.4 is 5.73 Å². The van der Waals surface area contributed by atoms with Gasteiger partial charge in [0.2, 0.25) is 0 Å². The normalized spacial score (nSPS) is 15.9. The number of rotatable bonds is 5. The Bertz CT molecular complexity index is 1120. The van der Waals surface area contributed by atoms with E-state index in [1.54, 1.807) is 6.07 Å². The highest BCUT2D eigenvalue weighted by Crippen LogP contribution is 2.46. The van der Waals surface area contributed by atoms with Gasteiger partial charge in [-0.15, -0.1) is 0 Å². The quantitative estimate of drug-likeness (QED) is 0.635. The predicted octanol–water partition coefficient (Wildman–Crippen LogP) is 4.80. The van der Waals surface area contributed by atoms with E-state index < -0.39 is 5.82 Å². The lowest BCUT2D eigenvalue weighted by Gasteiger charge is -2.35. The molecule has 7 heteroatoms. The molecule has 0 amide bonds. The number of hydrogen-bond donors (Lipinski definition) is 2. The Balaban J connectivity index is 1.75. The van der Waals surface area contributed by atoms with Crippen LogP contribution in [0.3, 0.4) is 0 Å². The molecule has 1 aliphatic heterocycles. The van der Waals surface area contributed by atoms with Crippen LogP contribution in [0.4, 0.5) is 14.6 Å². The van der Waals surface area contributed by atoms with E-state index in [0.29, 0.717) is 23.3 Å². The third kappa shape index (κ3) is 3.20. The minimum absolute atomic E-state index is 0.133. The summed E-state index contributed by atoms with van der Waals surface area (Å²) in [5.74, 6) is -1.00. The number of nitrogens with one attached hydrogen (secondary N) is 1. The maximum absolute atomic E-state index is 14.0. The molecule has 3 aromatic rings. The summed E-state index contributed by atoms with van der Waals surface area (Å²) in [5, 5.41) is 0. The van der Waals surface area contributed by atoms with E-state index in [2.05, 4.69) is 46.8 Å². The number of aromatic nitrogens is 2. The monoisotopic (exact) mass is 409 g/mol. The fourth-order valence-corrected chi connectivity index (χ4v) is 3.94. The zero-order chi connectivity index (χ0) is 21.7. The fraction of sp³-hybridized carbons (Fsp3) is 0.261. The topological polar surface area (TPSA) is 61.2 Å². The Kier molecular flexibility index (Phi) is 4.76. The second-order valence-electron chi connectivity index (χ2n) is 7.99. The molecule has 156 valence electrons. The summed E-state index contributed by atoms with van der Waals surface area (Å²) >= 11 is 0. The van der Waals surface area contributed by atoms with E-state index in [1.165, 1.54) is 18.2 Å². The van der Waals surface area contributed by atoms with Gasteiger partial charge < -0.3 is 20.5 Å². The van der Waals surface area contributed by atoms with Crippen molar-refractivity contribution >= 4 is 22.5 Å². The van der Waals surface area contributed by atoms with Gasteiger partial charge in [0, 0.05) is 41.8 Å². The van der Waals surface area contributed by atoms with E-state index in [9.17, 15) is 8.78 Å². The van der Waals surface area contributed by atoms with Gasteiger partial charge >= 0.3 is 0 Å². The summed E-state index contributed by atoms with van der Waals surface area (Å²) in [4.78, 5) is 11.5. The summed E-state index contributed by atoms with van der Waals surface area (Å²) in [5.41, 5.74) is 10.9. The molecular weight excluding hydrogens is 384 g/mol. The SMILES string of the molecule is C=C(C1c2ccc(F)cc2C(=C)N1Cc1cc2nc(N)c(F)cc2[nH]1)N(C)C(C)C. The van der Waals surface area contributed by atoms with Gasteiger partial charge in [-0.3, -0.25) is 0 Å². The van der Waals surface area contributed by atoms with E-state index in [4.69, 9.17) is 5.73 Å². The van der Waals surface area contributed by atoms with Crippen LogP contribution in [0.25, 0.3) is 16.7 Å².